The number of benzene rings is 2. The van der Waals surface area contributed by atoms with Crippen LogP contribution in [-0.4, -0.2) is 68.6 Å². The van der Waals surface area contributed by atoms with Gasteiger partial charge in [0.05, 0.1) is 13.7 Å². The minimum absolute atomic E-state index is 0.194. The highest BCUT2D eigenvalue weighted by molar-refractivity contribution is 5.78. The molecule has 1 fully saturated rings. The summed E-state index contributed by atoms with van der Waals surface area (Å²) in [5.41, 5.74) is 2.46. The molecule has 1 N–H and O–H groups in total. The molecule has 0 aromatic heterocycles. The fourth-order valence-corrected chi connectivity index (χ4v) is 3.41. The molecular formula is C24H31N3O2. The van der Waals surface area contributed by atoms with Crippen molar-refractivity contribution in [3.8, 4) is 5.75 Å². The Morgan fingerprint density at radius 2 is 1.76 bits per heavy atom. The van der Waals surface area contributed by atoms with E-state index in [0.29, 0.717) is 6.54 Å². The number of hydrogen-bond acceptors (Lipinski definition) is 4. The molecule has 2 aromatic carbocycles. The number of rotatable bonds is 9. The molecule has 5 heteroatoms. The van der Waals surface area contributed by atoms with Gasteiger partial charge in [0.25, 0.3) is 0 Å². The Balaban J connectivity index is 1.29. The third-order valence-electron chi connectivity index (χ3n) is 5.22. The highest BCUT2D eigenvalue weighted by Crippen LogP contribution is 2.11. The van der Waals surface area contributed by atoms with Gasteiger partial charge in [-0.25, -0.2) is 0 Å². The third-order valence-corrected chi connectivity index (χ3v) is 5.22. The van der Waals surface area contributed by atoms with Crippen molar-refractivity contribution in [1.82, 2.24) is 15.1 Å². The molecule has 5 nitrogen and oxygen atoms in total. The predicted molar refractivity (Wildman–Crippen MR) is 118 cm³/mol. The number of ether oxygens (including phenoxy) is 1. The monoisotopic (exact) mass is 393 g/mol. The first-order valence-electron chi connectivity index (χ1n) is 10.3. The van der Waals surface area contributed by atoms with E-state index in [1.807, 2.05) is 23.1 Å². The van der Waals surface area contributed by atoms with E-state index in [4.69, 9.17) is 4.74 Å². The van der Waals surface area contributed by atoms with Gasteiger partial charge in [-0.2, -0.15) is 0 Å². The maximum atomic E-state index is 12.4. The summed E-state index contributed by atoms with van der Waals surface area (Å²) in [4.78, 5) is 16.8. The van der Waals surface area contributed by atoms with Crippen LogP contribution in [0.1, 0.15) is 11.1 Å². The second-order valence-electron chi connectivity index (χ2n) is 7.27. The van der Waals surface area contributed by atoms with Crippen LogP contribution < -0.4 is 10.1 Å². The third kappa shape index (κ3) is 7.04. The summed E-state index contributed by atoms with van der Waals surface area (Å²) in [7, 11) is 1.67. The van der Waals surface area contributed by atoms with Crippen molar-refractivity contribution >= 4 is 12.0 Å². The zero-order chi connectivity index (χ0) is 20.3. The van der Waals surface area contributed by atoms with E-state index in [1.54, 1.807) is 7.11 Å². The van der Waals surface area contributed by atoms with Gasteiger partial charge in [-0.15, -0.1) is 0 Å². The Kier molecular flexibility index (Phi) is 8.28. The highest BCUT2D eigenvalue weighted by atomic mass is 16.5. The van der Waals surface area contributed by atoms with E-state index in [2.05, 4.69) is 58.8 Å². The number of amides is 1. The molecule has 1 heterocycles. The average Bonchev–Trinajstić information content (AvgIpc) is 2.78. The van der Waals surface area contributed by atoms with Gasteiger partial charge < -0.3 is 15.0 Å². The molecule has 0 atom stereocenters. The minimum Gasteiger partial charge on any atom is -0.497 e. The summed E-state index contributed by atoms with van der Waals surface area (Å²) in [5, 5.41) is 3.28. The van der Waals surface area contributed by atoms with E-state index >= 15 is 0 Å². The molecule has 1 aliphatic rings. The van der Waals surface area contributed by atoms with Crippen LogP contribution in [0.4, 0.5) is 0 Å². The lowest BCUT2D eigenvalue weighted by Crippen LogP contribution is -2.50. The largest absolute Gasteiger partial charge is 0.497 e. The molecule has 3 rings (SSSR count). The molecule has 0 aliphatic carbocycles. The molecule has 0 bridgehead atoms. The van der Waals surface area contributed by atoms with Crippen LogP contribution in [0.2, 0.25) is 0 Å². The summed E-state index contributed by atoms with van der Waals surface area (Å²) in [6, 6.07) is 18.4. The molecular weight excluding hydrogens is 362 g/mol. The maximum Gasteiger partial charge on any atom is 0.236 e. The van der Waals surface area contributed by atoms with Crippen LogP contribution in [0.15, 0.2) is 60.7 Å². The van der Waals surface area contributed by atoms with Crippen LogP contribution in [0, 0.1) is 0 Å². The van der Waals surface area contributed by atoms with E-state index < -0.39 is 0 Å². The Labute approximate surface area is 174 Å². The van der Waals surface area contributed by atoms with E-state index in [1.165, 1.54) is 11.1 Å². The fourth-order valence-electron chi connectivity index (χ4n) is 3.41. The van der Waals surface area contributed by atoms with Crippen LogP contribution >= 0.6 is 0 Å². The zero-order valence-corrected chi connectivity index (χ0v) is 17.2. The predicted octanol–water partition coefficient (Wildman–Crippen LogP) is 2.68. The second kappa shape index (κ2) is 11.4. The molecule has 0 spiro atoms. The summed E-state index contributed by atoms with van der Waals surface area (Å²) in [5.74, 6) is 1.06. The summed E-state index contributed by atoms with van der Waals surface area (Å²) >= 11 is 0. The molecule has 1 amide bonds. The number of carbonyl (C=O) groups is 1. The summed E-state index contributed by atoms with van der Waals surface area (Å²) in [6.07, 6.45) is 5.26. The Morgan fingerprint density at radius 3 is 2.45 bits per heavy atom. The van der Waals surface area contributed by atoms with Crippen molar-refractivity contribution < 1.29 is 9.53 Å². The standard InChI is InChI=1S/C24H31N3O2/c1-29-23-11-9-22(10-12-23)13-14-25-20-24(28)27-18-16-26(17-19-27)15-5-8-21-6-3-2-4-7-21/h2-12,25H,13-20H2,1H3/b8-5+. The van der Waals surface area contributed by atoms with Gasteiger partial charge in [0.1, 0.15) is 5.75 Å². The Bertz CT molecular complexity index is 766. The van der Waals surface area contributed by atoms with Gasteiger partial charge >= 0.3 is 0 Å². The van der Waals surface area contributed by atoms with Crippen LogP contribution in [0.3, 0.4) is 0 Å². The molecule has 0 saturated carbocycles. The maximum absolute atomic E-state index is 12.4. The Hall–Kier alpha value is -2.63. The van der Waals surface area contributed by atoms with E-state index in [-0.39, 0.29) is 5.91 Å². The highest BCUT2D eigenvalue weighted by Gasteiger charge is 2.19. The zero-order valence-electron chi connectivity index (χ0n) is 17.2. The smallest absolute Gasteiger partial charge is 0.236 e. The van der Waals surface area contributed by atoms with Crippen molar-refractivity contribution in [2.75, 3.05) is 52.9 Å². The molecule has 1 aliphatic heterocycles. The summed E-state index contributed by atoms with van der Waals surface area (Å²) in [6.45, 7) is 5.59. The Morgan fingerprint density at radius 1 is 1.03 bits per heavy atom. The molecule has 0 unspecified atom stereocenters. The summed E-state index contributed by atoms with van der Waals surface area (Å²) < 4.78 is 5.17. The second-order valence-corrected chi connectivity index (χ2v) is 7.27. The number of carbonyl (C=O) groups excluding carboxylic acids is 1. The van der Waals surface area contributed by atoms with Crippen LogP contribution in [-0.2, 0) is 11.2 Å². The van der Waals surface area contributed by atoms with Gasteiger partial charge in [-0.3, -0.25) is 9.69 Å². The number of methoxy groups -OCH3 is 1. The van der Waals surface area contributed by atoms with E-state index in [9.17, 15) is 4.79 Å². The van der Waals surface area contributed by atoms with Crippen molar-refractivity contribution in [1.29, 1.82) is 0 Å². The number of nitrogens with one attached hydrogen (secondary N) is 1. The number of hydrogen-bond donors (Lipinski definition) is 1. The lowest BCUT2D eigenvalue weighted by Gasteiger charge is -2.34. The first kappa shape index (κ1) is 21.1. The minimum atomic E-state index is 0.194. The van der Waals surface area contributed by atoms with Gasteiger partial charge in [0, 0.05) is 32.7 Å². The lowest BCUT2D eigenvalue weighted by atomic mass is 10.1. The first-order chi connectivity index (χ1) is 14.2. The normalized spacial score (nSPS) is 15.0. The van der Waals surface area contributed by atoms with Gasteiger partial charge in [0.2, 0.25) is 5.91 Å². The molecule has 154 valence electrons. The quantitative estimate of drug-likeness (QED) is 0.666. The van der Waals surface area contributed by atoms with Gasteiger partial charge in [0.15, 0.2) is 0 Å². The van der Waals surface area contributed by atoms with Crippen LogP contribution in [0.25, 0.3) is 6.08 Å². The van der Waals surface area contributed by atoms with Crippen molar-refractivity contribution in [3.05, 3.63) is 71.8 Å². The van der Waals surface area contributed by atoms with E-state index in [0.717, 1.165) is 51.4 Å². The lowest BCUT2D eigenvalue weighted by molar-refractivity contribution is -0.131. The molecule has 29 heavy (non-hydrogen) atoms. The van der Waals surface area contributed by atoms with Crippen molar-refractivity contribution in [2.24, 2.45) is 0 Å². The van der Waals surface area contributed by atoms with Crippen molar-refractivity contribution in [3.63, 3.8) is 0 Å². The van der Waals surface area contributed by atoms with Gasteiger partial charge in [-0.05, 0) is 36.2 Å². The molecule has 1 saturated heterocycles. The average molecular weight is 394 g/mol. The fraction of sp³-hybridized carbons (Fsp3) is 0.375. The molecule has 2 aromatic rings. The van der Waals surface area contributed by atoms with Crippen molar-refractivity contribution in [2.45, 2.75) is 6.42 Å². The number of piperazine rings is 1. The molecule has 0 radical (unpaired) electrons. The van der Waals surface area contributed by atoms with Crippen LogP contribution in [0.5, 0.6) is 5.75 Å². The van der Waals surface area contributed by atoms with Gasteiger partial charge in [-0.1, -0.05) is 54.6 Å². The number of nitrogens with zero attached hydrogens (tertiary/aromatic N) is 2. The topological polar surface area (TPSA) is 44.8 Å². The first-order valence-corrected chi connectivity index (χ1v) is 10.3. The SMILES string of the molecule is COc1ccc(CCNCC(=O)N2CCN(C/C=C/c3ccccc3)CC2)cc1.